The summed E-state index contributed by atoms with van der Waals surface area (Å²) in [5.74, 6) is 2.09. The van der Waals surface area contributed by atoms with Crippen molar-refractivity contribution in [3.05, 3.63) is 23.8 Å². The maximum atomic E-state index is 12.9. The number of methoxy groups -OCH3 is 2. The minimum absolute atomic E-state index is 0.103. The lowest BCUT2D eigenvalue weighted by molar-refractivity contribution is -0.134. The van der Waals surface area contributed by atoms with Crippen molar-refractivity contribution in [3.63, 3.8) is 0 Å². The van der Waals surface area contributed by atoms with E-state index in [1.807, 2.05) is 0 Å². The second-order valence-corrected chi connectivity index (χ2v) is 8.77. The molecular formula is C22H29NO5. The maximum absolute atomic E-state index is 12.9. The molecule has 5 rings (SSSR count). The molecule has 0 aromatic heterocycles. The molecule has 0 aliphatic heterocycles. The van der Waals surface area contributed by atoms with E-state index in [1.165, 1.54) is 33.5 Å². The highest BCUT2D eigenvalue weighted by molar-refractivity contribution is 5.97. The predicted molar refractivity (Wildman–Crippen MR) is 103 cm³/mol. The zero-order valence-corrected chi connectivity index (χ0v) is 16.8. The summed E-state index contributed by atoms with van der Waals surface area (Å²) < 4.78 is 16.0. The van der Waals surface area contributed by atoms with Crippen LogP contribution in [0.4, 0.5) is 0 Å². The number of carbonyl (C=O) groups is 2. The van der Waals surface area contributed by atoms with Crippen molar-refractivity contribution in [2.45, 2.75) is 57.1 Å². The molecule has 1 atom stereocenters. The van der Waals surface area contributed by atoms with E-state index >= 15 is 0 Å². The normalized spacial score (nSPS) is 31.2. The van der Waals surface area contributed by atoms with Gasteiger partial charge in [0.2, 0.25) is 0 Å². The molecule has 28 heavy (non-hydrogen) atoms. The van der Waals surface area contributed by atoms with Crippen molar-refractivity contribution in [2.24, 2.45) is 17.8 Å². The molecule has 6 nitrogen and oxygen atoms in total. The Morgan fingerprint density at radius 1 is 1.00 bits per heavy atom. The quantitative estimate of drug-likeness (QED) is 0.758. The highest BCUT2D eigenvalue weighted by Crippen LogP contribution is 2.55. The Hall–Kier alpha value is -2.24. The fourth-order valence-electron chi connectivity index (χ4n) is 5.95. The molecule has 0 heterocycles. The standard InChI is InChI=1S/C22H29NO5/c1-13(28-21(25)19-17(26-2)5-4-6-18(19)27-3)20(24)23-22-10-14-7-15(11-22)9-16(8-14)12-22/h4-6,13-16H,7-12H2,1-3H3,(H,23,24)/t13-,14?,15?,16?,22?/m1/s1. The summed E-state index contributed by atoms with van der Waals surface area (Å²) in [5.41, 5.74) is 0.0937. The summed E-state index contributed by atoms with van der Waals surface area (Å²) in [6.07, 6.45) is 6.24. The molecule has 0 radical (unpaired) electrons. The molecule has 4 fully saturated rings. The van der Waals surface area contributed by atoms with Crippen molar-refractivity contribution in [2.75, 3.05) is 14.2 Å². The SMILES string of the molecule is COc1cccc(OC)c1C(=O)O[C@H](C)C(=O)NC12CC3CC(CC(C3)C1)C2. The highest BCUT2D eigenvalue weighted by Gasteiger charge is 2.51. The Bertz CT molecular complexity index is 717. The van der Waals surface area contributed by atoms with Crippen molar-refractivity contribution in [3.8, 4) is 11.5 Å². The first-order valence-electron chi connectivity index (χ1n) is 10.2. The van der Waals surface area contributed by atoms with Gasteiger partial charge in [0.25, 0.3) is 5.91 Å². The third-order valence-corrected chi connectivity index (χ3v) is 6.71. The predicted octanol–water partition coefficient (Wildman–Crippen LogP) is 3.33. The summed E-state index contributed by atoms with van der Waals surface area (Å²) in [4.78, 5) is 25.6. The van der Waals surface area contributed by atoms with E-state index < -0.39 is 12.1 Å². The van der Waals surface area contributed by atoms with E-state index in [2.05, 4.69) is 5.32 Å². The summed E-state index contributed by atoms with van der Waals surface area (Å²) in [7, 11) is 2.96. The van der Waals surface area contributed by atoms with Crippen LogP contribution in [0.25, 0.3) is 0 Å². The fraction of sp³-hybridized carbons (Fsp3) is 0.636. The molecule has 4 aliphatic carbocycles. The molecule has 0 spiro atoms. The minimum atomic E-state index is -0.880. The molecule has 4 saturated carbocycles. The van der Waals surface area contributed by atoms with Crippen LogP contribution < -0.4 is 14.8 Å². The number of hydrogen-bond acceptors (Lipinski definition) is 5. The molecule has 1 aromatic rings. The Kier molecular flexibility index (Phi) is 4.98. The lowest BCUT2D eigenvalue weighted by Crippen LogP contribution is -2.61. The van der Waals surface area contributed by atoms with Gasteiger partial charge < -0.3 is 19.5 Å². The molecule has 0 saturated heterocycles. The Morgan fingerprint density at radius 3 is 1.96 bits per heavy atom. The number of hydrogen-bond donors (Lipinski definition) is 1. The van der Waals surface area contributed by atoms with Crippen LogP contribution in [0.3, 0.4) is 0 Å². The topological polar surface area (TPSA) is 73.9 Å². The smallest absolute Gasteiger partial charge is 0.346 e. The monoisotopic (exact) mass is 387 g/mol. The van der Waals surface area contributed by atoms with E-state index in [9.17, 15) is 9.59 Å². The van der Waals surface area contributed by atoms with Gasteiger partial charge in [0, 0.05) is 5.54 Å². The van der Waals surface area contributed by atoms with Crippen molar-refractivity contribution in [1.82, 2.24) is 5.32 Å². The molecule has 4 bridgehead atoms. The van der Waals surface area contributed by atoms with Gasteiger partial charge in [0.1, 0.15) is 17.1 Å². The molecule has 152 valence electrons. The van der Waals surface area contributed by atoms with E-state index in [0.29, 0.717) is 11.5 Å². The third kappa shape index (κ3) is 3.45. The minimum Gasteiger partial charge on any atom is -0.496 e. The van der Waals surface area contributed by atoms with E-state index in [4.69, 9.17) is 14.2 Å². The largest absolute Gasteiger partial charge is 0.496 e. The number of carbonyl (C=O) groups excluding carboxylic acids is 2. The molecule has 1 amide bonds. The molecule has 1 aromatic carbocycles. The average Bonchev–Trinajstić information content (AvgIpc) is 2.65. The van der Waals surface area contributed by atoms with Crippen molar-refractivity contribution < 1.29 is 23.8 Å². The average molecular weight is 387 g/mol. The van der Waals surface area contributed by atoms with Gasteiger partial charge in [-0.1, -0.05) is 6.07 Å². The van der Waals surface area contributed by atoms with E-state index in [-0.39, 0.29) is 17.0 Å². The summed E-state index contributed by atoms with van der Waals surface area (Å²) in [5, 5.41) is 3.26. The van der Waals surface area contributed by atoms with Crippen LogP contribution in [0.1, 0.15) is 55.8 Å². The van der Waals surface area contributed by atoms with Gasteiger partial charge >= 0.3 is 5.97 Å². The van der Waals surface area contributed by atoms with Gasteiger partial charge in [-0.15, -0.1) is 0 Å². The van der Waals surface area contributed by atoms with Gasteiger partial charge in [0.15, 0.2) is 6.10 Å². The lowest BCUT2D eigenvalue weighted by atomic mass is 9.53. The first kappa shape index (κ1) is 19.1. The van der Waals surface area contributed by atoms with Gasteiger partial charge in [-0.25, -0.2) is 4.79 Å². The number of amides is 1. The number of nitrogens with one attached hydrogen (secondary N) is 1. The summed E-state index contributed by atoms with van der Waals surface area (Å²) in [6, 6.07) is 5.07. The number of benzene rings is 1. The first-order valence-corrected chi connectivity index (χ1v) is 10.2. The number of esters is 1. The van der Waals surface area contributed by atoms with Gasteiger partial charge in [-0.2, -0.15) is 0 Å². The van der Waals surface area contributed by atoms with E-state index in [1.54, 1.807) is 25.1 Å². The van der Waals surface area contributed by atoms with E-state index in [0.717, 1.165) is 37.0 Å². The molecule has 6 heteroatoms. The molecular weight excluding hydrogens is 358 g/mol. The summed E-state index contributed by atoms with van der Waals surface area (Å²) in [6.45, 7) is 1.62. The van der Waals surface area contributed by atoms with Crippen molar-refractivity contribution in [1.29, 1.82) is 0 Å². The number of rotatable bonds is 6. The lowest BCUT2D eigenvalue weighted by Gasteiger charge is -2.57. The third-order valence-electron chi connectivity index (χ3n) is 6.71. The van der Waals surface area contributed by atoms with Crippen LogP contribution in [-0.2, 0) is 9.53 Å². The van der Waals surface area contributed by atoms with Crippen LogP contribution in [0.2, 0.25) is 0 Å². The van der Waals surface area contributed by atoms with Crippen LogP contribution in [0, 0.1) is 17.8 Å². The number of ether oxygens (including phenoxy) is 3. The first-order chi connectivity index (χ1) is 13.4. The Labute approximate surface area is 165 Å². The highest BCUT2D eigenvalue weighted by atomic mass is 16.6. The van der Waals surface area contributed by atoms with Crippen molar-refractivity contribution >= 4 is 11.9 Å². The van der Waals surface area contributed by atoms with Gasteiger partial charge in [-0.3, -0.25) is 4.79 Å². The Balaban J connectivity index is 1.43. The van der Waals surface area contributed by atoms with Gasteiger partial charge in [0.05, 0.1) is 14.2 Å². The Morgan fingerprint density at radius 2 is 1.50 bits per heavy atom. The van der Waals surface area contributed by atoms with Gasteiger partial charge in [-0.05, 0) is 75.3 Å². The van der Waals surface area contributed by atoms with Crippen LogP contribution in [-0.4, -0.2) is 37.7 Å². The van der Waals surface area contributed by atoms with Crippen LogP contribution in [0.15, 0.2) is 18.2 Å². The zero-order valence-electron chi connectivity index (χ0n) is 16.8. The molecule has 0 unspecified atom stereocenters. The zero-order chi connectivity index (χ0) is 19.9. The fourth-order valence-corrected chi connectivity index (χ4v) is 5.95. The van der Waals surface area contributed by atoms with Crippen LogP contribution >= 0.6 is 0 Å². The summed E-state index contributed by atoms with van der Waals surface area (Å²) >= 11 is 0. The molecule has 4 aliphatic rings. The van der Waals surface area contributed by atoms with Crippen LogP contribution in [0.5, 0.6) is 11.5 Å². The second-order valence-electron chi connectivity index (χ2n) is 8.77. The second kappa shape index (κ2) is 7.30. The molecule has 1 N–H and O–H groups in total. The maximum Gasteiger partial charge on any atom is 0.346 e.